The van der Waals surface area contributed by atoms with Crippen molar-refractivity contribution in [3.63, 3.8) is 0 Å². The minimum atomic E-state index is -0.0369. The standard InChI is InChI=1S/C35H45N7O2/c1-19(37-21(3)35(4,5)6)27-12-10-23-14-29(40(33(23)38-27)18-22-8-9-22)32-20(2)41-30(39-32)15-24(16-31(41)44-7)34(43)42-25-11-13-28(42)26(36)17-25/h10,12,14-16,19,22,25-26,28,37H,3,8-9,11,13,17-18,36H2,1-2,4-7H3/t19-,25+,26-,28-/m1/s1. The fourth-order valence-electron chi connectivity index (χ4n) is 7.17. The molecule has 4 aromatic heterocycles. The van der Waals surface area contributed by atoms with Crippen LogP contribution >= 0.6 is 0 Å². The van der Waals surface area contributed by atoms with Crippen LogP contribution < -0.4 is 15.8 Å². The maximum absolute atomic E-state index is 13.8. The number of amides is 1. The summed E-state index contributed by atoms with van der Waals surface area (Å²) in [7, 11) is 1.65. The monoisotopic (exact) mass is 595 g/mol. The molecule has 0 spiro atoms. The Bertz CT molecular complexity index is 1790. The summed E-state index contributed by atoms with van der Waals surface area (Å²) in [4.78, 5) is 26.2. The van der Waals surface area contributed by atoms with Gasteiger partial charge >= 0.3 is 0 Å². The van der Waals surface area contributed by atoms with Crippen LogP contribution in [0.15, 0.2) is 42.6 Å². The lowest BCUT2D eigenvalue weighted by Crippen LogP contribution is -2.40. The van der Waals surface area contributed by atoms with Gasteiger partial charge in [-0.2, -0.15) is 0 Å². The van der Waals surface area contributed by atoms with Gasteiger partial charge < -0.3 is 25.3 Å². The predicted octanol–water partition coefficient (Wildman–Crippen LogP) is 5.99. The van der Waals surface area contributed by atoms with E-state index in [2.05, 4.69) is 69.3 Å². The first-order valence-electron chi connectivity index (χ1n) is 16.1. The van der Waals surface area contributed by atoms with Crippen LogP contribution in [-0.2, 0) is 6.54 Å². The predicted molar refractivity (Wildman–Crippen MR) is 174 cm³/mol. The zero-order chi connectivity index (χ0) is 31.1. The topological polar surface area (TPSA) is 103 Å². The zero-order valence-corrected chi connectivity index (χ0v) is 26.9. The molecule has 9 heteroatoms. The number of imidazole rings is 1. The molecule has 3 fully saturated rings. The molecule has 4 aromatic rings. The summed E-state index contributed by atoms with van der Waals surface area (Å²) < 4.78 is 10.2. The average molecular weight is 596 g/mol. The Morgan fingerprint density at radius 2 is 1.93 bits per heavy atom. The molecule has 1 amide bonds. The Kier molecular flexibility index (Phi) is 6.81. The maximum atomic E-state index is 13.8. The number of pyridine rings is 2. The van der Waals surface area contributed by atoms with Crippen molar-refractivity contribution in [1.29, 1.82) is 0 Å². The molecule has 3 aliphatic rings. The molecule has 1 aliphatic carbocycles. The molecule has 2 aliphatic heterocycles. The molecular weight excluding hydrogens is 550 g/mol. The van der Waals surface area contributed by atoms with Gasteiger partial charge in [0.25, 0.3) is 5.91 Å². The minimum Gasteiger partial charge on any atom is -0.482 e. The van der Waals surface area contributed by atoms with Crippen molar-refractivity contribution in [3.05, 3.63) is 59.6 Å². The molecule has 0 aromatic carbocycles. The Morgan fingerprint density at radius 1 is 1.16 bits per heavy atom. The highest BCUT2D eigenvalue weighted by Crippen LogP contribution is 2.40. The van der Waals surface area contributed by atoms with E-state index in [1.807, 2.05) is 21.4 Å². The molecule has 7 rings (SSSR count). The van der Waals surface area contributed by atoms with Crippen LogP contribution in [0, 0.1) is 18.3 Å². The summed E-state index contributed by atoms with van der Waals surface area (Å²) in [5.41, 5.74) is 13.5. The summed E-state index contributed by atoms with van der Waals surface area (Å²) in [5.74, 6) is 1.26. The molecular formula is C35H45N7O2. The highest BCUT2D eigenvalue weighted by molar-refractivity contribution is 5.96. The van der Waals surface area contributed by atoms with Crippen molar-refractivity contribution in [2.24, 2.45) is 17.1 Å². The largest absolute Gasteiger partial charge is 0.482 e. The Morgan fingerprint density at radius 3 is 2.57 bits per heavy atom. The summed E-state index contributed by atoms with van der Waals surface area (Å²) in [6, 6.07) is 10.7. The van der Waals surface area contributed by atoms with Crippen LogP contribution in [0.3, 0.4) is 0 Å². The first-order valence-corrected chi connectivity index (χ1v) is 16.1. The fourth-order valence-corrected chi connectivity index (χ4v) is 7.17. The van der Waals surface area contributed by atoms with E-state index in [4.69, 9.17) is 20.4 Å². The highest BCUT2D eigenvalue weighted by Gasteiger charge is 2.47. The summed E-state index contributed by atoms with van der Waals surface area (Å²) in [6.07, 6.45) is 5.34. The first-order chi connectivity index (χ1) is 20.9. The number of nitrogens with zero attached hydrogens (tertiary/aromatic N) is 5. The van der Waals surface area contributed by atoms with E-state index in [-0.39, 0.29) is 35.5 Å². The molecule has 4 atom stereocenters. The van der Waals surface area contributed by atoms with Gasteiger partial charge in [0, 0.05) is 52.8 Å². The van der Waals surface area contributed by atoms with Gasteiger partial charge in [-0.25, -0.2) is 9.97 Å². The molecule has 3 N–H and O–H groups in total. The van der Waals surface area contributed by atoms with Crippen molar-refractivity contribution in [2.45, 2.75) is 97.4 Å². The minimum absolute atomic E-state index is 0.0184. The van der Waals surface area contributed by atoms with Crippen LogP contribution in [0.2, 0.25) is 0 Å². The van der Waals surface area contributed by atoms with E-state index in [0.29, 0.717) is 23.0 Å². The van der Waals surface area contributed by atoms with E-state index in [1.165, 1.54) is 12.8 Å². The molecule has 44 heavy (non-hydrogen) atoms. The number of carbonyl (C=O) groups excluding carboxylic acids is 1. The maximum Gasteiger partial charge on any atom is 0.254 e. The normalized spacial score (nSPS) is 22.2. The van der Waals surface area contributed by atoms with E-state index < -0.39 is 0 Å². The SMILES string of the molecule is C=C(N[C@H](C)c1ccc2cc(-c3nc4cc(C(=O)N5[C@H]6CC[C@@H]5[C@H](N)C6)cc(OC)n4c3C)n(CC3CC3)c2n1)C(C)(C)C. The Labute approximate surface area is 259 Å². The van der Waals surface area contributed by atoms with Crippen LogP contribution in [0.25, 0.3) is 28.1 Å². The number of fused-ring (bicyclic) bond motifs is 4. The molecule has 9 nitrogen and oxygen atoms in total. The number of carbonyl (C=O) groups is 1. The summed E-state index contributed by atoms with van der Waals surface area (Å²) in [6.45, 7) is 15.9. The second-order valence-electron chi connectivity index (χ2n) is 14.3. The Balaban J connectivity index is 1.30. The van der Waals surface area contributed by atoms with Gasteiger partial charge in [0.2, 0.25) is 0 Å². The average Bonchev–Trinajstić information content (AvgIpc) is 3.31. The lowest BCUT2D eigenvalue weighted by atomic mass is 9.92. The smallest absolute Gasteiger partial charge is 0.254 e. The van der Waals surface area contributed by atoms with Gasteiger partial charge in [0.15, 0.2) is 5.88 Å². The number of hydrogen-bond donors (Lipinski definition) is 2. The van der Waals surface area contributed by atoms with E-state index >= 15 is 0 Å². The molecule has 1 saturated carbocycles. The Hall–Kier alpha value is -3.85. The van der Waals surface area contributed by atoms with Crippen LogP contribution in [0.1, 0.15) is 87.6 Å². The number of allylic oxidation sites excluding steroid dienone is 1. The molecule has 2 bridgehead atoms. The number of nitrogens with one attached hydrogen (secondary N) is 1. The van der Waals surface area contributed by atoms with Gasteiger partial charge in [-0.3, -0.25) is 9.20 Å². The number of aryl methyl sites for hydroxylation is 1. The zero-order valence-electron chi connectivity index (χ0n) is 26.9. The lowest BCUT2D eigenvalue weighted by Gasteiger charge is -2.26. The van der Waals surface area contributed by atoms with E-state index in [9.17, 15) is 4.79 Å². The second kappa shape index (κ2) is 10.4. The quantitative estimate of drug-likeness (QED) is 0.259. The highest BCUT2D eigenvalue weighted by atomic mass is 16.5. The first kappa shape index (κ1) is 28.9. The number of rotatable bonds is 8. The fraction of sp³-hybridized carbons (Fsp3) is 0.514. The molecule has 232 valence electrons. The van der Waals surface area contributed by atoms with Crippen LogP contribution in [0.4, 0.5) is 0 Å². The van der Waals surface area contributed by atoms with Crippen LogP contribution in [-0.4, -0.2) is 55.0 Å². The molecule has 0 radical (unpaired) electrons. The molecule has 0 unspecified atom stereocenters. The molecule has 2 saturated heterocycles. The van der Waals surface area contributed by atoms with Crippen molar-refractivity contribution in [1.82, 2.24) is 29.2 Å². The van der Waals surface area contributed by atoms with Gasteiger partial charge in [0.1, 0.15) is 17.0 Å². The van der Waals surface area contributed by atoms with Gasteiger partial charge in [-0.1, -0.05) is 27.4 Å². The van der Waals surface area contributed by atoms with Gasteiger partial charge in [0.05, 0.1) is 30.2 Å². The van der Waals surface area contributed by atoms with Gasteiger partial charge in [-0.15, -0.1) is 0 Å². The van der Waals surface area contributed by atoms with Crippen molar-refractivity contribution in [2.75, 3.05) is 7.11 Å². The second-order valence-corrected chi connectivity index (χ2v) is 14.3. The molecule has 6 heterocycles. The number of hydrogen-bond acceptors (Lipinski definition) is 6. The summed E-state index contributed by atoms with van der Waals surface area (Å²) >= 11 is 0. The van der Waals surface area contributed by atoms with Gasteiger partial charge in [-0.05, 0) is 76.1 Å². The number of aromatic nitrogens is 4. The third-order valence-electron chi connectivity index (χ3n) is 10.1. The number of methoxy groups -OCH3 is 1. The number of ether oxygens (including phenoxy) is 1. The third kappa shape index (κ3) is 4.76. The number of nitrogens with two attached hydrogens (primary N) is 1. The lowest BCUT2D eigenvalue weighted by molar-refractivity contribution is 0.0726. The van der Waals surface area contributed by atoms with Crippen molar-refractivity contribution in [3.8, 4) is 17.3 Å². The van der Waals surface area contributed by atoms with Crippen molar-refractivity contribution < 1.29 is 9.53 Å². The van der Waals surface area contributed by atoms with E-state index in [0.717, 1.165) is 65.3 Å². The van der Waals surface area contributed by atoms with Crippen molar-refractivity contribution >= 4 is 22.6 Å². The van der Waals surface area contributed by atoms with Crippen LogP contribution in [0.5, 0.6) is 5.88 Å². The third-order valence-corrected chi connectivity index (χ3v) is 10.1. The summed E-state index contributed by atoms with van der Waals surface area (Å²) in [5, 5.41) is 4.65. The van der Waals surface area contributed by atoms with E-state index in [1.54, 1.807) is 7.11 Å².